The third kappa shape index (κ3) is 3.48. The topological polar surface area (TPSA) is 9.86 Å². The van der Waals surface area contributed by atoms with E-state index in [-0.39, 0.29) is 0 Å². The van der Waals surface area contributed by atoms with Gasteiger partial charge in [-0.25, -0.2) is 0 Å². The summed E-state index contributed by atoms with van der Waals surface area (Å²) in [6.07, 6.45) is 9.34. The number of rotatable bonds is 6. The van der Waals surface area contributed by atoms with E-state index in [0.717, 1.165) is 0 Å². The fourth-order valence-corrected chi connectivity index (χ4v) is 4.38. The Hall–Kier alpha value is 0.459. The number of imidazole rings is 1. The van der Waals surface area contributed by atoms with Gasteiger partial charge in [0.05, 0.1) is 0 Å². The summed E-state index contributed by atoms with van der Waals surface area (Å²) in [6, 6.07) is 1.28. The number of halogens is 1. The number of hydrogen-bond donors (Lipinski definition) is 0. The summed E-state index contributed by atoms with van der Waals surface area (Å²) in [5.74, 6) is 0. The van der Waals surface area contributed by atoms with Crippen molar-refractivity contribution in [3.8, 4) is 0 Å². The molecule has 1 aromatic heterocycles. The SMILES string of the molecule is CCC(CC)n1ccn(C(CC)CC)[c]1=[Cu][I]. The fraction of sp³-hybridized carbons (Fsp3) is 0.769. The van der Waals surface area contributed by atoms with Crippen LogP contribution in [0, 0.1) is 4.32 Å². The zero-order valence-electron chi connectivity index (χ0n) is 11.2. The van der Waals surface area contributed by atoms with Gasteiger partial charge in [-0.3, -0.25) is 0 Å². The van der Waals surface area contributed by atoms with Gasteiger partial charge < -0.3 is 0 Å². The van der Waals surface area contributed by atoms with E-state index < -0.39 is 0 Å². The molecule has 2 nitrogen and oxygen atoms in total. The number of aromatic nitrogens is 2. The summed E-state index contributed by atoms with van der Waals surface area (Å²) >= 11 is 4.33. The summed E-state index contributed by atoms with van der Waals surface area (Å²) < 4.78 is 6.28. The Morgan fingerprint density at radius 3 is 1.53 bits per heavy atom. The van der Waals surface area contributed by atoms with E-state index in [9.17, 15) is 0 Å². The zero-order chi connectivity index (χ0) is 12.8. The summed E-state index contributed by atoms with van der Waals surface area (Å²) in [7, 11) is 0. The van der Waals surface area contributed by atoms with Gasteiger partial charge in [0.15, 0.2) is 0 Å². The third-order valence-electron chi connectivity index (χ3n) is 3.50. The van der Waals surface area contributed by atoms with Crippen molar-refractivity contribution in [2.24, 2.45) is 0 Å². The van der Waals surface area contributed by atoms with E-state index in [2.05, 4.69) is 69.6 Å². The van der Waals surface area contributed by atoms with Gasteiger partial charge in [-0.1, -0.05) is 0 Å². The molecule has 1 rings (SSSR count). The molecule has 1 heterocycles. The second kappa shape index (κ2) is 7.80. The standard InChI is InChI=1S/C13H24N2.Cu.HI/c1-5-12(6-2)14-9-10-15(11-14)13(7-3)8-4;;/h9-10,12-13H,5-8H2,1-4H3;;1H/q;+1;/p-1. The van der Waals surface area contributed by atoms with Gasteiger partial charge in [-0.05, 0) is 0 Å². The van der Waals surface area contributed by atoms with Gasteiger partial charge in [0, 0.05) is 0 Å². The maximum absolute atomic E-state index is 2.45. The van der Waals surface area contributed by atoms with Crippen LogP contribution in [0.15, 0.2) is 12.4 Å². The first-order valence-electron chi connectivity index (χ1n) is 6.54. The zero-order valence-corrected chi connectivity index (χ0v) is 14.3. The van der Waals surface area contributed by atoms with E-state index in [0.29, 0.717) is 12.1 Å². The Bertz CT molecular complexity index is 354. The van der Waals surface area contributed by atoms with Crippen molar-refractivity contribution in [1.29, 1.82) is 0 Å². The Morgan fingerprint density at radius 1 is 0.941 bits per heavy atom. The molecule has 0 unspecified atom stereocenters. The second-order valence-corrected chi connectivity index (χ2v) is 6.29. The molecular formula is C13H24CuIN2. The van der Waals surface area contributed by atoms with Crippen molar-refractivity contribution in [2.45, 2.75) is 65.5 Å². The van der Waals surface area contributed by atoms with E-state index in [1.807, 2.05) is 11.3 Å². The molecule has 4 heteroatoms. The molecule has 0 fully saturated rings. The maximum atomic E-state index is 2.45. The second-order valence-electron chi connectivity index (χ2n) is 4.35. The molecular weight excluding hydrogens is 375 g/mol. The molecule has 0 N–H and O–H groups in total. The Morgan fingerprint density at radius 2 is 1.29 bits per heavy atom. The van der Waals surface area contributed by atoms with Crippen molar-refractivity contribution in [3.05, 3.63) is 16.7 Å². The van der Waals surface area contributed by atoms with Crippen molar-refractivity contribution in [3.63, 3.8) is 0 Å². The van der Waals surface area contributed by atoms with Gasteiger partial charge >= 0.3 is 123 Å². The van der Waals surface area contributed by atoms with E-state index in [4.69, 9.17) is 0 Å². The van der Waals surface area contributed by atoms with E-state index in [1.165, 1.54) is 30.0 Å². The Kier molecular flexibility index (Phi) is 7.12. The molecule has 0 bridgehead atoms. The molecule has 0 spiro atoms. The monoisotopic (exact) mass is 398 g/mol. The van der Waals surface area contributed by atoms with Gasteiger partial charge in [0.1, 0.15) is 0 Å². The first-order valence-corrected chi connectivity index (χ1v) is 10.0. The van der Waals surface area contributed by atoms with Crippen LogP contribution >= 0.6 is 20.3 Å². The normalized spacial score (nSPS) is 11.9. The molecule has 0 saturated carbocycles. The molecule has 0 aromatic carbocycles. The van der Waals surface area contributed by atoms with Crippen LogP contribution in [-0.2, 0) is 11.3 Å². The van der Waals surface area contributed by atoms with Gasteiger partial charge in [0.2, 0.25) is 0 Å². The molecule has 1 aromatic rings. The van der Waals surface area contributed by atoms with Crippen molar-refractivity contribution < 1.29 is 11.3 Å². The van der Waals surface area contributed by atoms with Crippen molar-refractivity contribution in [1.82, 2.24) is 9.13 Å². The molecule has 0 amide bonds. The van der Waals surface area contributed by atoms with Crippen LogP contribution in [0.3, 0.4) is 0 Å². The van der Waals surface area contributed by atoms with Gasteiger partial charge in [0.25, 0.3) is 0 Å². The van der Waals surface area contributed by atoms with Crippen LogP contribution in [0.2, 0.25) is 0 Å². The predicted molar refractivity (Wildman–Crippen MR) is 78.9 cm³/mol. The number of hydrogen-bond acceptors (Lipinski definition) is 0. The fourth-order valence-electron chi connectivity index (χ4n) is 2.33. The van der Waals surface area contributed by atoms with E-state index >= 15 is 0 Å². The molecule has 17 heavy (non-hydrogen) atoms. The van der Waals surface area contributed by atoms with Gasteiger partial charge in [-0.15, -0.1) is 0 Å². The van der Waals surface area contributed by atoms with Crippen LogP contribution in [0.25, 0.3) is 0 Å². The molecule has 0 aliphatic rings. The minimum atomic E-state index is 0.639. The molecule has 0 atom stereocenters. The molecule has 0 aliphatic heterocycles. The van der Waals surface area contributed by atoms with Crippen LogP contribution in [-0.4, -0.2) is 9.13 Å². The van der Waals surface area contributed by atoms with Crippen LogP contribution in [0.1, 0.15) is 65.5 Å². The first-order chi connectivity index (χ1) is 8.23. The van der Waals surface area contributed by atoms with Gasteiger partial charge in [-0.2, -0.15) is 0 Å². The summed E-state index contributed by atoms with van der Waals surface area (Å²) in [5.41, 5.74) is 0. The average Bonchev–Trinajstić information content (AvgIpc) is 2.76. The van der Waals surface area contributed by atoms with Crippen molar-refractivity contribution in [2.75, 3.05) is 0 Å². The average molecular weight is 399 g/mol. The molecule has 0 radical (unpaired) electrons. The Balaban J connectivity index is 3.20. The van der Waals surface area contributed by atoms with Crippen molar-refractivity contribution >= 4 is 20.3 Å². The Labute approximate surface area is 122 Å². The summed E-state index contributed by atoms with van der Waals surface area (Å²) in [4.78, 5) is 0. The summed E-state index contributed by atoms with van der Waals surface area (Å²) in [5, 5.41) is 0. The predicted octanol–water partition coefficient (Wildman–Crippen LogP) is 4.98. The number of nitrogens with zero attached hydrogens (tertiary/aromatic N) is 2. The minimum absolute atomic E-state index is 0.639. The van der Waals surface area contributed by atoms with E-state index in [1.54, 1.807) is 0 Å². The molecule has 0 saturated heterocycles. The first kappa shape index (κ1) is 15.5. The molecule has 0 aliphatic carbocycles. The van der Waals surface area contributed by atoms with Crippen LogP contribution in [0.5, 0.6) is 0 Å². The van der Waals surface area contributed by atoms with Crippen LogP contribution < -0.4 is 0 Å². The third-order valence-corrected chi connectivity index (χ3v) is 5.34. The summed E-state index contributed by atoms with van der Waals surface area (Å²) in [6.45, 7) is 9.10. The molecule has 104 valence electrons. The van der Waals surface area contributed by atoms with Crippen LogP contribution in [0.4, 0.5) is 0 Å². The quantitative estimate of drug-likeness (QED) is 0.472.